The van der Waals surface area contributed by atoms with E-state index in [1.165, 1.54) is 11.1 Å². The molecular weight excluding hydrogens is 380 g/mol. The van der Waals surface area contributed by atoms with Crippen LogP contribution < -0.4 is 10.2 Å². The van der Waals surface area contributed by atoms with Gasteiger partial charge in [0.05, 0.1) is 6.04 Å². The predicted octanol–water partition coefficient (Wildman–Crippen LogP) is 6.55. The quantitative estimate of drug-likeness (QED) is 0.536. The maximum atomic E-state index is 13.3. The van der Waals surface area contributed by atoms with Gasteiger partial charge in [-0.15, -0.1) is 0 Å². The van der Waals surface area contributed by atoms with Gasteiger partial charge in [0.2, 0.25) is 0 Å². The molecule has 148 valence electrons. The zero-order chi connectivity index (χ0) is 20.5. The zero-order valence-corrected chi connectivity index (χ0v) is 17.7. The maximum absolute atomic E-state index is 13.3. The first-order valence-corrected chi connectivity index (χ1v) is 10.3. The lowest BCUT2D eigenvalue weighted by Gasteiger charge is -2.40. The summed E-state index contributed by atoms with van der Waals surface area (Å²) >= 11 is 6.00. The summed E-state index contributed by atoms with van der Waals surface area (Å²) < 4.78 is 0. The third kappa shape index (κ3) is 4.01. The minimum atomic E-state index is 0.00746. The summed E-state index contributed by atoms with van der Waals surface area (Å²) in [6, 6.07) is 22.1. The first kappa shape index (κ1) is 19.5. The molecule has 1 aliphatic heterocycles. The van der Waals surface area contributed by atoms with E-state index in [2.05, 4.69) is 68.6 Å². The maximum Gasteiger partial charge on any atom is 0.258 e. The van der Waals surface area contributed by atoms with Crippen LogP contribution >= 0.6 is 11.6 Å². The second kappa shape index (κ2) is 7.92. The lowest BCUT2D eigenvalue weighted by atomic mass is 9.89. The third-order valence-electron chi connectivity index (χ3n) is 5.54. The Bertz CT molecular complexity index is 1030. The summed E-state index contributed by atoms with van der Waals surface area (Å²) in [5, 5.41) is 4.30. The number of nitrogens with one attached hydrogen (secondary N) is 1. The molecule has 2 atom stereocenters. The number of rotatable bonds is 3. The molecule has 3 nitrogen and oxygen atoms in total. The highest BCUT2D eigenvalue weighted by atomic mass is 35.5. The monoisotopic (exact) mass is 404 g/mol. The standard InChI is InChI=1S/C25H25ClN2O/c1-16-4-11-21(12-5-16)27-23-15-18(3)28(24-13-6-17(2)14-22(23)24)25(29)19-7-9-20(26)10-8-19/h4-14,18,23,27H,15H2,1-3H3/t18-,23+/m1/s1. The van der Waals surface area contributed by atoms with Crippen LogP contribution in [0.15, 0.2) is 66.7 Å². The van der Waals surface area contributed by atoms with E-state index in [-0.39, 0.29) is 18.0 Å². The predicted molar refractivity (Wildman–Crippen MR) is 121 cm³/mol. The summed E-state index contributed by atoms with van der Waals surface area (Å²) in [6.45, 7) is 6.29. The topological polar surface area (TPSA) is 32.3 Å². The number of anilines is 2. The van der Waals surface area contributed by atoms with Gasteiger partial charge in [0.1, 0.15) is 0 Å². The van der Waals surface area contributed by atoms with Gasteiger partial charge in [0.25, 0.3) is 5.91 Å². The molecule has 1 aliphatic rings. The van der Waals surface area contributed by atoms with Crippen LogP contribution in [-0.4, -0.2) is 11.9 Å². The number of amides is 1. The van der Waals surface area contributed by atoms with Gasteiger partial charge in [-0.05, 0) is 75.2 Å². The van der Waals surface area contributed by atoms with E-state index in [1.54, 1.807) is 24.3 Å². The molecule has 0 saturated carbocycles. The van der Waals surface area contributed by atoms with E-state index >= 15 is 0 Å². The Morgan fingerprint density at radius 2 is 1.62 bits per heavy atom. The van der Waals surface area contributed by atoms with Crippen LogP contribution in [0.2, 0.25) is 5.02 Å². The minimum absolute atomic E-state index is 0.00746. The minimum Gasteiger partial charge on any atom is -0.378 e. The highest BCUT2D eigenvalue weighted by Gasteiger charge is 2.34. The Morgan fingerprint density at radius 1 is 0.966 bits per heavy atom. The molecule has 0 spiro atoms. The van der Waals surface area contributed by atoms with Gasteiger partial charge in [-0.25, -0.2) is 0 Å². The van der Waals surface area contributed by atoms with E-state index in [1.807, 2.05) is 4.90 Å². The van der Waals surface area contributed by atoms with Gasteiger partial charge in [0.15, 0.2) is 0 Å². The molecule has 3 aromatic carbocycles. The SMILES string of the molecule is Cc1ccc(N[C@H]2C[C@@H](C)N(C(=O)c3ccc(Cl)cc3)c3ccc(C)cc32)cc1. The molecule has 0 fully saturated rings. The molecule has 0 saturated heterocycles. The molecule has 0 bridgehead atoms. The molecule has 1 heterocycles. The van der Waals surface area contributed by atoms with Gasteiger partial charge < -0.3 is 10.2 Å². The number of hydrogen-bond donors (Lipinski definition) is 1. The second-order valence-corrected chi connectivity index (χ2v) is 8.33. The van der Waals surface area contributed by atoms with Gasteiger partial charge >= 0.3 is 0 Å². The average Bonchev–Trinajstić information content (AvgIpc) is 2.70. The van der Waals surface area contributed by atoms with Crippen molar-refractivity contribution in [3.63, 3.8) is 0 Å². The Labute approximate surface area is 177 Å². The lowest BCUT2D eigenvalue weighted by Crippen LogP contribution is -2.44. The van der Waals surface area contributed by atoms with E-state index < -0.39 is 0 Å². The molecule has 0 unspecified atom stereocenters. The number of benzene rings is 3. The fourth-order valence-corrected chi connectivity index (χ4v) is 4.14. The average molecular weight is 405 g/mol. The summed E-state index contributed by atoms with van der Waals surface area (Å²) in [5.74, 6) is 0.00746. The summed E-state index contributed by atoms with van der Waals surface area (Å²) in [6.07, 6.45) is 0.837. The van der Waals surface area contributed by atoms with Crippen molar-refractivity contribution in [3.8, 4) is 0 Å². The molecule has 4 heteroatoms. The Kier molecular flexibility index (Phi) is 5.33. The van der Waals surface area contributed by atoms with Crippen LogP contribution in [0.25, 0.3) is 0 Å². The Balaban J connectivity index is 1.70. The number of carbonyl (C=O) groups is 1. The number of fused-ring (bicyclic) bond motifs is 1. The van der Waals surface area contributed by atoms with Crippen LogP contribution in [0.3, 0.4) is 0 Å². The highest BCUT2D eigenvalue weighted by Crippen LogP contribution is 2.40. The van der Waals surface area contributed by atoms with Crippen LogP contribution in [0, 0.1) is 13.8 Å². The smallest absolute Gasteiger partial charge is 0.258 e. The van der Waals surface area contributed by atoms with Gasteiger partial charge in [0, 0.05) is 28.0 Å². The fraction of sp³-hybridized carbons (Fsp3) is 0.240. The van der Waals surface area contributed by atoms with Crippen molar-refractivity contribution in [2.75, 3.05) is 10.2 Å². The largest absolute Gasteiger partial charge is 0.378 e. The molecule has 1 amide bonds. The van der Waals surface area contributed by atoms with Crippen LogP contribution in [-0.2, 0) is 0 Å². The van der Waals surface area contributed by atoms with E-state index in [9.17, 15) is 4.79 Å². The van der Waals surface area contributed by atoms with Gasteiger partial charge in [-0.1, -0.05) is 47.0 Å². The van der Waals surface area contributed by atoms with Crippen molar-refractivity contribution < 1.29 is 4.79 Å². The molecule has 0 aliphatic carbocycles. The molecule has 0 radical (unpaired) electrons. The molecule has 1 N–H and O–H groups in total. The zero-order valence-electron chi connectivity index (χ0n) is 16.9. The van der Waals surface area contributed by atoms with Gasteiger partial charge in [-0.2, -0.15) is 0 Å². The second-order valence-electron chi connectivity index (χ2n) is 7.89. The normalized spacial score (nSPS) is 18.3. The molecule has 0 aromatic heterocycles. The first-order chi connectivity index (χ1) is 13.9. The van der Waals surface area contributed by atoms with E-state index in [4.69, 9.17) is 11.6 Å². The summed E-state index contributed by atoms with van der Waals surface area (Å²) in [7, 11) is 0. The highest BCUT2D eigenvalue weighted by molar-refractivity contribution is 6.30. The number of nitrogens with zero attached hydrogens (tertiary/aromatic N) is 1. The van der Waals surface area contributed by atoms with Crippen LogP contribution in [0.5, 0.6) is 0 Å². The molecule has 3 aromatic rings. The van der Waals surface area contributed by atoms with E-state index in [0.717, 1.165) is 23.4 Å². The Hall–Kier alpha value is -2.78. The number of carbonyl (C=O) groups excluding carboxylic acids is 1. The van der Waals surface area contributed by atoms with Crippen molar-refractivity contribution in [3.05, 3.63) is 94.0 Å². The van der Waals surface area contributed by atoms with Gasteiger partial charge in [-0.3, -0.25) is 4.79 Å². The molecular formula is C25H25ClN2O. The van der Waals surface area contributed by atoms with Crippen LogP contribution in [0.1, 0.15) is 46.4 Å². The van der Waals surface area contributed by atoms with Crippen LogP contribution in [0.4, 0.5) is 11.4 Å². The van der Waals surface area contributed by atoms with E-state index in [0.29, 0.717) is 10.6 Å². The number of aryl methyl sites for hydroxylation is 2. The van der Waals surface area contributed by atoms with Crippen molar-refractivity contribution >= 4 is 28.9 Å². The number of halogens is 1. The third-order valence-corrected chi connectivity index (χ3v) is 5.79. The van der Waals surface area contributed by atoms with Crippen molar-refractivity contribution in [2.24, 2.45) is 0 Å². The number of hydrogen-bond acceptors (Lipinski definition) is 2. The van der Waals surface area contributed by atoms with Crippen molar-refractivity contribution in [2.45, 2.75) is 39.3 Å². The van der Waals surface area contributed by atoms with Crippen molar-refractivity contribution in [1.29, 1.82) is 0 Å². The molecule has 4 rings (SSSR count). The molecule has 29 heavy (non-hydrogen) atoms. The summed E-state index contributed by atoms with van der Waals surface area (Å²) in [4.78, 5) is 15.3. The first-order valence-electron chi connectivity index (χ1n) is 9.95. The lowest BCUT2D eigenvalue weighted by molar-refractivity contribution is 0.0974. The van der Waals surface area contributed by atoms with Crippen molar-refractivity contribution in [1.82, 2.24) is 0 Å². The summed E-state index contributed by atoms with van der Waals surface area (Å²) in [5.41, 5.74) is 6.30. The Morgan fingerprint density at radius 3 is 2.31 bits per heavy atom. The fourth-order valence-electron chi connectivity index (χ4n) is 4.01.